The van der Waals surface area contributed by atoms with Crippen LogP contribution in [0.2, 0.25) is 0 Å². The topological polar surface area (TPSA) is 80.5 Å². The normalized spacial score (nSPS) is 16.1. The molecule has 3 N–H and O–H groups in total. The zero-order chi connectivity index (χ0) is 19.6. The maximum absolute atomic E-state index is 11.7. The molecule has 2 heterocycles. The van der Waals surface area contributed by atoms with Crippen molar-refractivity contribution in [3.8, 4) is 5.75 Å². The van der Waals surface area contributed by atoms with E-state index in [9.17, 15) is 4.79 Å². The lowest BCUT2D eigenvalue weighted by atomic mass is 10.0. The molecule has 3 rings (SSSR count). The Labute approximate surface area is 191 Å². The Kier molecular flexibility index (Phi) is 12.4. The number of hydrogen-bond donors (Lipinski definition) is 2. The molecule has 1 atom stereocenters. The number of aromatic nitrogens is 1. The summed E-state index contributed by atoms with van der Waals surface area (Å²) in [5.41, 5.74) is 7.62. The standard InChI is InChI=1S/C22H30N4O2.2ClH/c23-12-11-22(27)25-15-20-6-2-4-14-26(20)16-18-7-9-21(10-8-18)28-17-19-5-1-3-13-24-19;;/h1,3,5,7-10,13,20H,2,4,6,11-12,14-17,23H2,(H,25,27);2*1H. The van der Waals surface area contributed by atoms with Crippen LogP contribution in [-0.2, 0) is 17.9 Å². The van der Waals surface area contributed by atoms with Gasteiger partial charge < -0.3 is 15.8 Å². The first-order valence-corrected chi connectivity index (χ1v) is 10.1. The van der Waals surface area contributed by atoms with Gasteiger partial charge in [-0.15, -0.1) is 24.8 Å². The maximum atomic E-state index is 11.7. The number of halogens is 2. The Balaban J connectivity index is 0.00000225. The summed E-state index contributed by atoms with van der Waals surface area (Å²) in [5.74, 6) is 0.890. The van der Waals surface area contributed by atoms with Crippen molar-refractivity contribution in [1.29, 1.82) is 0 Å². The van der Waals surface area contributed by atoms with Crippen molar-refractivity contribution >= 4 is 30.7 Å². The van der Waals surface area contributed by atoms with Gasteiger partial charge in [0.05, 0.1) is 5.69 Å². The predicted octanol–water partition coefficient (Wildman–Crippen LogP) is 3.32. The Morgan fingerprint density at radius 3 is 2.67 bits per heavy atom. The van der Waals surface area contributed by atoms with E-state index in [0.29, 0.717) is 32.2 Å². The highest BCUT2D eigenvalue weighted by atomic mass is 35.5. The number of carbonyl (C=O) groups excluding carboxylic acids is 1. The highest BCUT2D eigenvalue weighted by molar-refractivity contribution is 5.85. The van der Waals surface area contributed by atoms with Crippen molar-refractivity contribution in [2.45, 2.75) is 44.9 Å². The fourth-order valence-corrected chi connectivity index (χ4v) is 3.52. The minimum atomic E-state index is 0. The summed E-state index contributed by atoms with van der Waals surface area (Å²) < 4.78 is 5.81. The van der Waals surface area contributed by atoms with Gasteiger partial charge in [0.2, 0.25) is 5.91 Å². The molecule has 6 nitrogen and oxygen atoms in total. The van der Waals surface area contributed by atoms with Crippen LogP contribution in [0, 0.1) is 0 Å². The van der Waals surface area contributed by atoms with Gasteiger partial charge in [0.25, 0.3) is 0 Å². The number of hydrogen-bond acceptors (Lipinski definition) is 5. The lowest BCUT2D eigenvalue weighted by Crippen LogP contribution is -2.46. The predicted molar refractivity (Wildman–Crippen MR) is 124 cm³/mol. The molecule has 1 amide bonds. The average molecular weight is 455 g/mol. The van der Waals surface area contributed by atoms with Crippen molar-refractivity contribution < 1.29 is 9.53 Å². The number of ether oxygens (including phenoxy) is 1. The number of nitrogens with two attached hydrogens (primary N) is 1. The first-order chi connectivity index (χ1) is 13.7. The van der Waals surface area contributed by atoms with E-state index in [1.54, 1.807) is 6.20 Å². The van der Waals surface area contributed by atoms with Crippen LogP contribution < -0.4 is 15.8 Å². The summed E-state index contributed by atoms with van der Waals surface area (Å²) in [5, 5.41) is 3.02. The minimum absolute atomic E-state index is 0. The van der Waals surface area contributed by atoms with Gasteiger partial charge in [0.1, 0.15) is 12.4 Å². The molecule has 0 spiro atoms. The number of pyridine rings is 1. The van der Waals surface area contributed by atoms with Gasteiger partial charge in [-0.3, -0.25) is 14.7 Å². The van der Waals surface area contributed by atoms with Crippen LogP contribution in [0.4, 0.5) is 0 Å². The summed E-state index contributed by atoms with van der Waals surface area (Å²) in [7, 11) is 0. The van der Waals surface area contributed by atoms with Gasteiger partial charge in [-0.05, 0) is 49.2 Å². The lowest BCUT2D eigenvalue weighted by Gasteiger charge is -2.36. The number of likely N-dealkylation sites (tertiary alicyclic amines) is 1. The Hall–Kier alpha value is -1.86. The van der Waals surface area contributed by atoms with Crippen LogP contribution in [0.15, 0.2) is 48.7 Å². The molecule has 0 bridgehead atoms. The molecule has 8 heteroatoms. The molecule has 166 valence electrons. The fraction of sp³-hybridized carbons (Fsp3) is 0.455. The number of amides is 1. The van der Waals surface area contributed by atoms with Gasteiger partial charge in [0, 0.05) is 38.3 Å². The highest BCUT2D eigenvalue weighted by Crippen LogP contribution is 2.21. The summed E-state index contributed by atoms with van der Waals surface area (Å²) >= 11 is 0. The van der Waals surface area contributed by atoms with E-state index in [-0.39, 0.29) is 30.7 Å². The largest absolute Gasteiger partial charge is 0.487 e. The molecule has 0 aliphatic carbocycles. The van der Waals surface area contributed by atoms with Crippen LogP contribution in [0.5, 0.6) is 5.75 Å². The maximum Gasteiger partial charge on any atom is 0.221 e. The summed E-state index contributed by atoms with van der Waals surface area (Å²) in [4.78, 5) is 18.5. The van der Waals surface area contributed by atoms with Crippen LogP contribution in [0.3, 0.4) is 0 Å². The van der Waals surface area contributed by atoms with Gasteiger partial charge in [-0.25, -0.2) is 0 Å². The minimum Gasteiger partial charge on any atom is -0.487 e. The number of piperidine rings is 1. The molecule has 1 aromatic heterocycles. The Morgan fingerprint density at radius 2 is 1.97 bits per heavy atom. The molecule has 2 aromatic rings. The second-order valence-electron chi connectivity index (χ2n) is 7.22. The van der Waals surface area contributed by atoms with Crippen LogP contribution in [0.25, 0.3) is 0 Å². The van der Waals surface area contributed by atoms with Crippen molar-refractivity contribution in [2.24, 2.45) is 5.73 Å². The summed E-state index contributed by atoms with van der Waals surface area (Å²) in [6.45, 7) is 3.52. The van der Waals surface area contributed by atoms with Gasteiger partial charge >= 0.3 is 0 Å². The number of rotatable bonds is 9. The van der Waals surface area contributed by atoms with Crippen molar-refractivity contribution in [3.05, 3.63) is 59.9 Å². The van der Waals surface area contributed by atoms with Crippen LogP contribution in [0.1, 0.15) is 36.9 Å². The summed E-state index contributed by atoms with van der Waals surface area (Å²) in [6.07, 6.45) is 5.71. The SMILES string of the molecule is Cl.Cl.NCCC(=O)NCC1CCCCN1Cc1ccc(OCc2ccccn2)cc1. The quantitative estimate of drug-likeness (QED) is 0.607. The van der Waals surface area contributed by atoms with Gasteiger partial charge in [-0.2, -0.15) is 0 Å². The lowest BCUT2D eigenvalue weighted by molar-refractivity contribution is -0.121. The zero-order valence-corrected chi connectivity index (χ0v) is 18.8. The Morgan fingerprint density at radius 1 is 1.17 bits per heavy atom. The molecule has 0 radical (unpaired) electrons. The van der Waals surface area contributed by atoms with E-state index in [1.165, 1.54) is 18.4 Å². The molecular formula is C22H32Cl2N4O2. The smallest absolute Gasteiger partial charge is 0.221 e. The van der Waals surface area contributed by atoms with Gasteiger partial charge in [0.15, 0.2) is 0 Å². The molecule has 1 aliphatic heterocycles. The number of nitrogens with zero attached hydrogens (tertiary/aromatic N) is 2. The van der Waals surface area contributed by atoms with E-state index in [1.807, 2.05) is 30.3 Å². The zero-order valence-electron chi connectivity index (χ0n) is 17.2. The second-order valence-corrected chi connectivity index (χ2v) is 7.22. The first-order valence-electron chi connectivity index (χ1n) is 10.1. The Bertz CT molecular complexity index is 732. The number of carbonyl (C=O) groups is 1. The third kappa shape index (κ3) is 8.48. The fourth-order valence-electron chi connectivity index (χ4n) is 3.52. The van der Waals surface area contributed by atoms with E-state index in [0.717, 1.165) is 31.0 Å². The molecule has 30 heavy (non-hydrogen) atoms. The molecule has 1 aliphatic rings. The van der Waals surface area contributed by atoms with E-state index < -0.39 is 0 Å². The molecule has 1 saturated heterocycles. The molecule has 0 saturated carbocycles. The molecule has 1 fully saturated rings. The van der Waals surface area contributed by atoms with E-state index in [4.69, 9.17) is 10.5 Å². The molecule has 1 aromatic carbocycles. The van der Waals surface area contributed by atoms with Crippen molar-refractivity contribution in [2.75, 3.05) is 19.6 Å². The number of nitrogens with one attached hydrogen (secondary N) is 1. The molecule has 1 unspecified atom stereocenters. The highest BCUT2D eigenvalue weighted by Gasteiger charge is 2.22. The first kappa shape index (κ1) is 26.2. The number of benzene rings is 1. The van der Waals surface area contributed by atoms with Crippen molar-refractivity contribution in [1.82, 2.24) is 15.2 Å². The van der Waals surface area contributed by atoms with Crippen molar-refractivity contribution in [3.63, 3.8) is 0 Å². The third-order valence-electron chi connectivity index (χ3n) is 5.08. The second kappa shape index (κ2) is 14.2. The monoisotopic (exact) mass is 454 g/mol. The van der Waals surface area contributed by atoms with E-state index >= 15 is 0 Å². The van der Waals surface area contributed by atoms with Crippen LogP contribution >= 0.6 is 24.8 Å². The molecular weight excluding hydrogens is 423 g/mol. The van der Waals surface area contributed by atoms with Crippen LogP contribution in [-0.4, -0.2) is 41.5 Å². The van der Waals surface area contributed by atoms with E-state index in [2.05, 4.69) is 27.3 Å². The third-order valence-corrected chi connectivity index (χ3v) is 5.08. The average Bonchev–Trinajstić information content (AvgIpc) is 2.74. The van der Waals surface area contributed by atoms with Gasteiger partial charge in [-0.1, -0.05) is 24.6 Å². The summed E-state index contributed by atoms with van der Waals surface area (Å²) in [6, 6.07) is 14.5.